The van der Waals surface area contributed by atoms with Gasteiger partial charge in [-0.15, -0.1) is 0 Å². The first-order chi connectivity index (χ1) is 24.9. The maximum Gasteiger partial charge on any atom is 0.429 e. The highest BCUT2D eigenvalue weighted by Crippen LogP contribution is 2.44. The molecule has 1 heterocycles. The van der Waals surface area contributed by atoms with Gasteiger partial charge in [-0.2, -0.15) is 0 Å². The molecule has 1 saturated heterocycles. The molecule has 1 aliphatic heterocycles. The van der Waals surface area contributed by atoms with Crippen LogP contribution in [0.3, 0.4) is 0 Å². The number of carbonyl (C=O) groups excluding carboxylic acids is 3. The van der Waals surface area contributed by atoms with Crippen molar-refractivity contribution in [2.75, 3.05) is 26.9 Å². The lowest BCUT2D eigenvalue weighted by atomic mass is 9.98. The molecule has 264 valence electrons. The van der Waals surface area contributed by atoms with Crippen LogP contribution in [0, 0.1) is 0 Å². The van der Waals surface area contributed by atoms with E-state index in [-0.39, 0.29) is 38.7 Å². The van der Waals surface area contributed by atoms with Gasteiger partial charge in [0.25, 0.3) is 5.91 Å². The molecule has 0 saturated carbocycles. The highest BCUT2D eigenvalue weighted by Gasteiger charge is 2.46. The smallest absolute Gasteiger partial charge is 0.429 e. The second-order valence-corrected chi connectivity index (χ2v) is 12.2. The quantitative estimate of drug-likeness (QED) is 0.177. The fourth-order valence-electron chi connectivity index (χ4n) is 6.49. The maximum absolute atomic E-state index is 14.4. The zero-order chi connectivity index (χ0) is 35.7. The van der Waals surface area contributed by atoms with Crippen molar-refractivity contribution in [2.45, 2.75) is 44.1 Å². The number of benzene rings is 4. The van der Waals surface area contributed by atoms with Gasteiger partial charge in [0.1, 0.15) is 25.9 Å². The summed E-state index contributed by atoms with van der Waals surface area (Å²) in [6, 6.07) is 30.8. The van der Waals surface area contributed by atoms with Gasteiger partial charge >= 0.3 is 18.2 Å². The topological polar surface area (TPSA) is 135 Å². The van der Waals surface area contributed by atoms with Crippen LogP contribution in [0.25, 0.3) is 11.1 Å². The monoisotopic (exact) mass is 693 g/mol. The summed E-state index contributed by atoms with van der Waals surface area (Å²) in [5.41, 5.74) is 5.46. The van der Waals surface area contributed by atoms with Crippen LogP contribution in [-0.4, -0.2) is 83.2 Å². The van der Waals surface area contributed by atoms with E-state index in [2.05, 4.69) is 0 Å². The van der Waals surface area contributed by atoms with Crippen LogP contribution >= 0.6 is 0 Å². The number of methoxy groups -OCH3 is 1. The molecule has 2 aliphatic rings. The molecule has 0 radical (unpaired) electrons. The second kappa shape index (κ2) is 16.3. The van der Waals surface area contributed by atoms with Crippen molar-refractivity contribution in [3.8, 4) is 11.1 Å². The van der Waals surface area contributed by atoms with Crippen LogP contribution in [-0.2, 0) is 41.9 Å². The van der Waals surface area contributed by atoms with Crippen LogP contribution in [0.2, 0.25) is 0 Å². The minimum atomic E-state index is -1.56. The van der Waals surface area contributed by atoms with Crippen molar-refractivity contribution < 1.29 is 43.3 Å². The van der Waals surface area contributed by atoms with Crippen LogP contribution in [0.4, 0.5) is 9.59 Å². The van der Waals surface area contributed by atoms with Crippen molar-refractivity contribution in [2.24, 2.45) is 0 Å². The SMILES string of the molecule is COC[C@@H](C(=O)O)N(OCc1ccccc1)C(=O)[C@H]1CCCN(C(=O)OCc2ccccc2)N1C(=O)OCC1c2ccccc2-c2ccccc21. The Balaban J connectivity index is 1.29. The van der Waals surface area contributed by atoms with E-state index >= 15 is 0 Å². The van der Waals surface area contributed by atoms with Gasteiger partial charge in [0.05, 0.1) is 6.61 Å². The van der Waals surface area contributed by atoms with Gasteiger partial charge in [-0.1, -0.05) is 109 Å². The van der Waals surface area contributed by atoms with Crippen LogP contribution in [0.5, 0.6) is 0 Å². The number of carbonyl (C=O) groups is 4. The van der Waals surface area contributed by atoms with E-state index in [1.807, 2.05) is 72.8 Å². The summed E-state index contributed by atoms with van der Waals surface area (Å²) in [7, 11) is 1.31. The Kier molecular flexibility index (Phi) is 11.2. The molecule has 0 spiro atoms. The van der Waals surface area contributed by atoms with Crippen molar-refractivity contribution in [1.82, 2.24) is 15.1 Å². The van der Waals surface area contributed by atoms with Crippen LogP contribution in [0.15, 0.2) is 109 Å². The first-order valence-electron chi connectivity index (χ1n) is 16.7. The van der Waals surface area contributed by atoms with E-state index in [1.165, 1.54) is 7.11 Å². The lowest BCUT2D eigenvalue weighted by Gasteiger charge is -2.43. The van der Waals surface area contributed by atoms with Gasteiger partial charge in [-0.3, -0.25) is 9.63 Å². The molecule has 0 bridgehead atoms. The number of hydrazine groups is 1. The Labute approximate surface area is 295 Å². The Morgan fingerprint density at radius 2 is 1.33 bits per heavy atom. The average Bonchev–Trinajstić information content (AvgIpc) is 3.49. The summed E-state index contributed by atoms with van der Waals surface area (Å²) >= 11 is 0. The number of nitrogens with zero attached hydrogens (tertiary/aromatic N) is 3. The number of ether oxygens (including phenoxy) is 3. The summed E-state index contributed by atoms with van der Waals surface area (Å²) in [6.45, 7) is -0.634. The van der Waals surface area contributed by atoms with Gasteiger partial charge in [-0.25, -0.2) is 29.5 Å². The van der Waals surface area contributed by atoms with Crippen molar-refractivity contribution in [3.63, 3.8) is 0 Å². The van der Waals surface area contributed by atoms with E-state index in [4.69, 9.17) is 19.0 Å². The average molecular weight is 694 g/mol. The number of hydrogen-bond donors (Lipinski definition) is 1. The molecule has 1 aliphatic carbocycles. The van der Waals surface area contributed by atoms with Gasteiger partial charge in [0, 0.05) is 19.6 Å². The van der Waals surface area contributed by atoms with Gasteiger partial charge in [-0.05, 0) is 46.2 Å². The first kappa shape index (κ1) is 35.1. The van der Waals surface area contributed by atoms with Crippen molar-refractivity contribution in [1.29, 1.82) is 0 Å². The van der Waals surface area contributed by atoms with Crippen molar-refractivity contribution >= 4 is 24.1 Å². The number of carboxylic acids is 1. The molecule has 1 fully saturated rings. The van der Waals surface area contributed by atoms with E-state index in [0.717, 1.165) is 42.9 Å². The predicted octanol–water partition coefficient (Wildman–Crippen LogP) is 6.01. The molecule has 1 N–H and O–H groups in total. The number of rotatable bonds is 12. The lowest BCUT2D eigenvalue weighted by Crippen LogP contribution is -2.64. The minimum absolute atomic E-state index is 0.0485. The van der Waals surface area contributed by atoms with Crippen LogP contribution in [0.1, 0.15) is 41.0 Å². The largest absolute Gasteiger partial charge is 0.480 e. The first-order valence-corrected chi connectivity index (χ1v) is 16.7. The van der Waals surface area contributed by atoms with E-state index < -0.39 is 42.8 Å². The van der Waals surface area contributed by atoms with Crippen molar-refractivity contribution in [3.05, 3.63) is 131 Å². The summed E-state index contributed by atoms with van der Waals surface area (Å²) < 4.78 is 16.7. The zero-order valence-electron chi connectivity index (χ0n) is 28.1. The molecule has 3 amide bonds. The standard InChI is InChI=1S/C39H39N3O9/c1-48-26-35(37(44)45)42(51-24-28-15-6-3-7-16-28)36(43)34-21-12-22-40(38(46)49-23-27-13-4-2-5-14-27)41(34)39(47)50-25-33-31-19-10-8-17-29(31)30-18-9-11-20-32(30)33/h2-11,13-20,33-35H,12,21-26H2,1H3,(H,44,45)/t34-,35+/m1/s1. The molecule has 0 aromatic heterocycles. The number of fused-ring (bicyclic) bond motifs is 3. The molecular weight excluding hydrogens is 654 g/mol. The Morgan fingerprint density at radius 1 is 0.765 bits per heavy atom. The molecule has 12 heteroatoms. The molecule has 6 rings (SSSR count). The fraction of sp³-hybridized carbons (Fsp3) is 0.282. The maximum atomic E-state index is 14.4. The molecular formula is C39H39N3O9. The number of carboxylic acid groups (broad SMARTS) is 1. The zero-order valence-corrected chi connectivity index (χ0v) is 28.1. The Bertz CT molecular complexity index is 1790. The molecule has 0 unspecified atom stereocenters. The Morgan fingerprint density at radius 3 is 1.92 bits per heavy atom. The normalized spacial score (nSPS) is 15.7. The predicted molar refractivity (Wildman–Crippen MR) is 185 cm³/mol. The van der Waals surface area contributed by atoms with Gasteiger partial charge in [0.2, 0.25) is 0 Å². The summed E-state index contributed by atoms with van der Waals surface area (Å²) in [6.07, 6.45) is -1.43. The Hall–Kier alpha value is -5.72. The van der Waals surface area contributed by atoms with E-state index in [9.17, 15) is 24.3 Å². The minimum Gasteiger partial charge on any atom is -0.480 e. The van der Waals surface area contributed by atoms with E-state index in [1.54, 1.807) is 36.4 Å². The summed E-state index contributed by atoms with van der Waals surface area (Å²) in [5, 5.41) is 12.9. The van der Waals surface area contributed by atoms with E-state index in [0.29, 0.717) is 12.0 Å². The number of amides is 3. The third kappa shape index (κ3) is 7.87. The number of hydroxylamine groups is 2. The lowest BCUT2D eigenvalue weighted by molar-refractivity contribution is -0.223. The van der Waals surface area contributed by atoms with Gasteiger partial charge in [0.15, 0.2) is 6.04 Å². The molecule has 51 heavy (non-hydrogen) atoms. The molecule has 2 atom stereocenters. The number of hydrogen-bond acceptors (Lipinski definition) is 8. The highest BCUT2D eigenvalue weighted by molar-refractivity contribution is 5.89. The highest BCUT2D eigenvalue weighted by atomic mass is 16.7. The second-order valence-electron chi connectivity index (χ2n) is 12.2. The van der Waals surface area contributed by atoms with Gasteiger partial charge < -0.3 is 19.3 Å². The molecule has 4 aromatic rings. The fourth-order valence-corrected chi connectivity index (χ4v) is 6.49. The van der Waals surface area contributed by atoms with Crippen LogP contribution < -0.4 is 0 Å². The summed E-state index contributed by atoms with van der Waals surface area (Å²) in [5.74, 6) is -2.52. The molecule has 12 nitrogen and oxygen atoms in total. The number of aliphatic carboxylic acids is 1. The summed E-state index contributed by atoms with van der Waals surface area (Å²) in [4.78, 5) is 60.6. The third-order valence-corrected chi connectivity index (χ3v) is 8.95. The third-order valence-electron chi connectivity index (χ3n) is 8.95. The molecule has 4 aromatic carbocycles.